The van der Waals surface area contributed by atoms with E-state index < -0.39 is 11.7 Å². The van der Waals surface area contributed by atoms with Crippen LogP contribution in [0.15, 0.2) is 40.1 Å². The fraction of sp³-hybridized carbons (Fsp3) is 0.556. The highest BCUT2D eigenvalue weighted by molar-refractivity contribution is 7.99. The average molecular weight is 520 g/mol. The lowest BCUT2D eigenvalue weighted by Gasteiger charge is -2.37. The first-order valence-corrected chi connectivity index (χ1v) is 13.8. The SMILES string of the molecule is CC1CC(C)CN(c2ccc3c(c2)Nc2c(NC4CCN(CCN)CC4)cc(C(F)(F)F)cc2S3)C1. The molecule has 0 amide bonds. The van der Waals surface area contributed by atoms with Gasteiger partial charge in [0.05, 0.1) is 22.6 Å². The molecule has 2 saturated heterocycles. The number of rotatable bonds is 5. The minimum Gasteiger partial charge on any atom is -0.380 e. The van der Waals surface area contributed by atoms with Gasteiger partial charge in [0.2, 0.25) is 0 Å². The van der Waals surface area contributed by atoms with Crippen LogP contribution in [0.4, 0.5) is 35.9 Å². The van der Waals surface area contributed by atoms with Gasteiger partial charge in [0.15, 0.2) is 0 Å². The molecule has 9 heteroatoms. The van der Waals surface area contributed by atoms with Gasteiger partial charge in [-0.2, -0.15) is 13.2 Å². The summed E-state index contributed by atoms with van der Waals surface area (Å²) in [6.07, 6.45) is -1.40. The molecule has 2 aromatic rings. The Labute approximate surface area is 216 Å². The second-order valence-corrected chi connectivity index (χ2v) is 11.8. The molecule has 2 fully saturated rings. The second-order valence-electron chi connectivity index (χ2n) is 10.7. The number of likely N-dealkylation sites (tertiary alicyclic amines) is 1. The lowest BCUT2D eigenvalue weighted by Crippen LogP contribution is -2.41. The molecular formula is C27H36F3N5S. The molecule has 3 aliphatic rings. The predicted octanol–water partition coefficient (Wildman–Crippen LogP) is 6.23. The standard InChI is InChI=1S/C27H36F3N5S/c1-17-11-18(2)16-35(15-17)21-3-4-24-22(14-21)33-26-23(12-19(27(28,29)30)13-25(26)36-24)32-20-5-8-34(9-6-20)10-7-31/h3-4,12-14,17-18,20,32-33H,5-11,15-16,31H2,1-2H3. The maximum atomic E-state index is 13.8. The van der Waals surface area contributed by atoms with Gasteiger partial charge < -0.3 is 26.2 Å². The van der Waals surface area contributed by atoms with Crippen molar-refractivity contribution in [3.05, 3.63) is 35.9 Å². The van der Waals surface area contributed by atoms with Gasteiger partial charge in [0.1, 0.15) is 0 Å². The molecule has 3 aliphatic heterocycles. The fourth-order valence-corrected chi connectivity index (χ4v) is 6.88. The third-order valence-electron chi connectivity index (χ3n) is 7.50. The average Bonchev–Trinajstić information content (AvgIpc) is 2.82. The Morgan fingerprint density at radius 3 is 2.44 bits per heavy atom. The fourth-order valence-electron chi connectivity index (χ4n) is 5.83. The Balaban J connectivity index is 1.41. The molecule has 0 spiro atoms. The number of alkyl halides is 3. The van der Waals surface area contributed by atoms with Crippen molar-refractivity contribution in [2.75, 3.05) is 54.8 Å². The highest BCUT2D eigenvalue weighted by Gasteiger charge is 2.34. The predicted molar refractivity (Wildman–Crippen MR) is 143 cm³/mol. The lowest BCUT2D eigenvalue weighted by molar-refractivity contribution is -0.137. The maximum Gasteiger partial charge on any atom is 0.416 e. The Bertz CT molecular complexity index is 1070. The van der Waals surface area contributed by atoms with Gasteiger partial charge in [-0.15, -0.1) is 0 Å². The zero-order valence-corrected chi connectivity index (χ0v) is 21.8. The molecule has 3 heterocycles. The van der Waals surface area contributed by atoms with Gasteiger partial charge in [-0.1, -0.05) is 25.6 Å². The summed E-state index contributed by atoms with van der Waals surface area (Å²) in [4.78, 5) is 6.30. The lowest BCUT2D eigenvalue weighted by atomic mass is 9.91. The largest absolute Gasteiger partial charge is 0.416 e. The monoisotopic (exact) mass is 519 g/mol. The van der Waals surface area contributed by atoms with E-state index in [1.54, 1.807) is 0 Å². The molecule has 36 heavy (non-hydrogen) atoms. The first kappa shape index (κ1) is 25.5. The Kier molecular flexibility index (Phi) is 7.34. The number of benzene rings is 2. The molecule has 0 aliphatic carbocycles. The van der Waals surface area contributed by atoms with Gasteiger partial charge in [-0.25, -0.2) is 0 Å². The van der Waals surface area contributed by atoms with E-state index in [0.717, 1.165) is 67.5 Å². The number of anilines is 4. The Hall–Kier alpha value is -2.10. The van der Waals surface area contributed by atoms with Gasteiger partial charge in [-0.05, 0) is 61.4 Å². The van der Waals surface area contributed by atoms with Crippen LogP contribution in [0.2, 0.25) is 0 Å². The van der Waals surface area contributed by atoms with Gasteiger partial charge >= 0.3 is 6.18 Å². The molecule has 2 atom stereocenters. The van der Waals surface area contributed by atoms with Crippen LogP contribution in [-0.2, 0) is 6.18 Å². The highest BCUT2D eigenvalue weighted by Crippen LogP contribution is 2.50. The van der Waals surface area contributed by atoms with Crippen molar-refractivity contribution in [1.29, 1.82) is 0 Å². The number of fused-ring (bicyclic) bond motifs is 2. The van der Waals surface area contributed by atoms with E-state index >= 15 is 0 Å². The third kappa shape index (κ3) is 5.58. The number of halogens is 3. The van der Waals surface area contributed by atoms with Crippen LogP contribution >= 0.6 is 11.8 Å². The third-order valence-corrected chi connectivity index (χ3v) is 8.62. The first-order chi connectivity index (χ1) is 17.2. The molecule has 0 radical (unpaired) electrons. The molecule has 2 unspecified atom stereocenters. The van der Waals surface area contributed by atoms with Crippen LogP contribution in [0.3, 0.4) is 0 Å². The van der Waals surface area contributed by atoms with Crippen molar-refractivity contribution in [3.63, 3.8) is 0 Å². The van der Waals surface area contributed by atoms with Crippen LogP contribution in [0, 0.1) is 11.8 Å². The van der Waals surface area contributed by atoms with E-state index in [0.29, 0.717) is 29.0 Å². The number of piperidine rings is 2. The van der Waals surface area contributed by atoms with Crippen molar-refractivity contribution in [2.24, 2.45) is 17.6 Å². The molecule has 196 valence electrons. The van der Waals surface area contributed by atoms with Crippen LogP contribution in [0.25, 0.3) is 0 Å². The van der Waals surface area contributed by atoms with Crippen LogP contribution in [-0.4, -0.2) is 50.2 Å². The van der Waals surface area contributed by atoms with E-state index in [9.17, 15) is 13.2 Å². The van der Waals surface area contributed by atoms with E-state index in [4.69, 9.17) is 5.73 Å². The molecule has 0 bridgehead atoms. The number of nitrogens with one attached hydrogen (secondary N) is 2. The summed E-state index contributed by atoms with van der Waals surface area (Å²) >= 11 is 1.41. The molecular weight excluding hydrogens is 483 g/mol. The summed E-state index contributed by atoms with van der Waals surface area (Å²) in [5.74, 6) is 1.28. The Morgan fingerprint density at radius 1 is 1.06 bits per heavy atom. The van der Waals surface area contributed by atoms with E-state index in [-0.39, 0.29) is 6.04 Å². The van der Waals surface area contributed by atoms with Crippen molar-refractivity contribution in [1.82, 2.24) is 4.90 Å². The second kappa shape index (κ2) is 10.3. The van der Waals surface area contributed by atoms with Crippen LogP contribution in [0.1, 0.15) is 38.7 Å². The van der Waals surface area contributed by atoms with Crippen molar-refractivity contribution in [2.45, 2.75) is 55.1 Å². The highest BCUT2D eigenvalue weighted by atomic mass is 32.2. The van der Waals surface area contributed by atoms with Gasteiger partial charge in [0, 0.05) is 60.8 Å². The summed E-state index contributed by atoms with van der Waals surface area (Å²) in [5.41, 5.74) is 8.45. The molecule has 5 nitrogen and oxygen atoms in total. The van der Waals surface area contributed by atoms with Crippen molar-refractivity contribution in [3.8, 4) is 0 Å². The number of nitrogens with zero attached hydrogens (tertiary/aromatic N) is 2. The van der Waals surface area contributed by atoms with Crippen LogP contribution in [0.5, 0.6) is 0 Å². The molecule has 2 aromatic carbocycles. The summed E-state index contributed by atoms with van der Waals surface area (Å²) in [6.45, 7) is 9.92. The topological polar surface area (TPSA) is 56.6 Å². The van der Waals surface area contributed by atoms with E-state index in [1.807, 2.05) is 6.07 Å². The first-order valence-electron chi connectivity index (χ1n) is 13.0. The molecule has 5 rings (SSSR count). The number of hydrogen-bond donors (Lipinski definition) is 3. The van der Waals surface area contributed by atoms with E-state index in [1.165, 1.54) is 30.3 Å². The van der Waals surface area contributed by atoms with E-state index in [2.05, 4.69) is 46.4 Å². The minimum absolute atomic E-state index is 0.127. The quantitative estimate of drug-likeness (QED) is 0.372. The summed E-state index contributed by atoms with van der Waals surface area (Å²) < 4.78 is 41.4. The number of nitrogens with two attached hydrogens (primary N) is 1. The zero-order chi connectivity index (χ0) is 25.4. The minimum atomic E-state index is -4.40. The summed E-state index contributed by atoms with van der Waals surface area (Å²) in [7, 11) is 0. The van der Waals surface area contributed by atoms with Crippen molar-refractivity contribution < 1.29 is 13.2 Å². The summed E-state index contributed by atoms with van der Waals surface area (Å²) in [6, 6.07) is 8.96. The molecule has 4 N–H and O–H groups in total. The van der Waals surface area contributed by atoms with Gasteiger partial charge in [-0.3, -0.25) is 0 Å². The Morgan fingerprint density at radius 2 is 1.78 bits per heavy atom. The zero-order valence-electron chi connectivity index (χ0n) is 21.0. The number of hydrogen-bond acceptors (Lipinski definition) is 6. The van der Waals surface area contributed by atoms with Crippen LogP contribution < -0.4 is 21.3 Å². The van der Waals surface area contributed by atoms with Gasteiger partial charge in [0.25, 0.3) is 0 Å². The summed E-state index contributed by atoms with van der Waals surface area (Å²) in [5, 5.41) is 6.96. The normalized spacial score (nSPS) is 23.1. The molecule has 0 saturated carbocycles. The maximum absolute atomic E-state index is 13.8. The smallest absolute Gasteiger partial charge is 0.380 e. The van der Waals surface area contributed by atoms with Crippen molar-refractivity contribution >= 4 is 34.5 Å². The molecule has 0 aromatic heterocycles.